The van der Waals surface area contributed by atoms with E-state index in [9.17, 15) is 9.59 Å². The molecule has 14 heavy (non-hydrogen) atoms. The summed E-state index contributed by atoms with van der Waals surface area (Å²) in [6.07, 6.45) is 1.68. The van der Waals surface area contributed by atoms with Gasteiger partial charge in [0.15, 0.2) is 0 Å². The fraction of sp³-hybridized carbons (Fsp3) is 0.400. The maximum absolute atomic E-state index is 11.5. The zero-order chi connectivity index (χ0) is 10.6. The zero-order valence-electron chi connectivity index (χ0n) is 8.32. The summed E-state index contributed by atoms with van der Waals surface area (Å²) in [5.74, 6) is -0.328. The third-order valence-electron chi connectivity index (χ3n) is 1.85. The number of esters is 1. The number of carbonyl (C=O) groups is 1. The minimum Gasteiger partial charge on any atom is -0.464 e. The van der Waals surface area contributed by atoms with Crippen LogP contribution in [-0.4, -0.2) is 17.1 Å². The molecule has 0 fully saturated rings. The second kappa shape index (κ2) is 4.60. The molecule has 1 heterocycles. The smallest absolute Gasteiger partial charge is 0.302 e. The highest BCUT2D eigenvalue weighted by molar-refractivity contribution is 5.65. The van der Waals surface area contributed by atoms with Crippen LogP contribution >= 0.6 is 0 Å². The summed E-state index contributed by atoms with van der Waals surface area (Å²) in [6, 6.07) is 3.55. The normalized spacial score (nSPS) is 9.86. The summed E-state index contributed by atoms with van der Waals surface area (Å²) in [6.45, 7) is 3.74. The van der Waals surface area contributed by atoms with Crippen LogP contribution in [0.15, 0.2) is 23.1 Å². The molecule has 76 valence electrons. The van der Waals surface area contributed by atoms with Gasteiger partial charge in [-0.3, -0.25) is 9.59 Å². The minimum absolute atomic E-state index is 0.0420. The largest absolute Gasteiger partial charge is 0.464 e. The van der Waals surface area contributed by atoms with Crippen molar-refractivity contribution in [2.45, 2.75) is 20.4 Å². The third-order valence-corrected chi connectivity index (χ3v) is 1.85. The predicted molar refractivity (Wildman–Crippen MR) is 52.1 cm³/mol. The highest BCUT2D eigenvalue weighted by Gasteiger charge is 1.98. The van der Waals surface area contributed by atoms with Gasteiger partial charge in [0.1, 0.15) is 6.61 Å². The summed E-state index contributed by atoms with van der Waals surface area (Å²) in [5.41, 5.74) is 0.648. The van der Waals surface area contributed by atoms with Crippen molar-refractivity contribution in [3.05, 3.63) is 34.2 Å². The molecule has 0 radical (unpaired) electrons. The molecule has 4 heteroatoms. The first-order valence-corrected chi connectivity index (χ1v) is 4.40. The Labute approximate surface area is 82.1 Å². The van der Waals surface area contributed by atoms with Crippen molar-refractivity contribution in [3.8, 4) is 0 Å². The van der Waals surface area contributed by atoms with Gasteiger partial charge in [0.05, 0.1) is 6.54 Å². The third kappa shape index (κ3) is 2.73. The van der Waals surface area contributed by atoms with Crippen LogP contribution in [0.4, 0.5) is 0 Å². The molecule has 0 aliphatic heterocycles. The molecule has 0 aliphatic rings. The van der Waals surface area contributed by atoms with Crippen molar-refractivity contribution >= 4 is 5.97 Å². The van der Waals surface area contributed by atoms with E-state index in [4.69, 9.17) is 4.74 Å². The second-order valence-corrected chi connectivity index (χ2v) is 3.03. The first-order chi connectivity index (χ1) is 6.61. The fourth-order valence-electron chi connectivity index (χ4n) is 1.12. The molecule has 0 aliphatic carbocycles. The van der Waals surface area contributed by atoms with Crippen LogP contribution in [0, 0.1) is 6.92 Å². The summed E-state index contributed by atoms with van der Waals surface area (Å²) in [7, 11) is 0. The summed E-state index contributed by atoms with van der Waals surface area (Å²) in [5, 5.41) is 0. The minimum atomic E-state index is -0.328. The number of carbonyl (C=O) groups excluding carboxylic acids is 1. The Morgan fingerprint density at radius 2 is 2.29 bits per heavy atom. The highest BCUT2D eigenvalue weighted by atomic mass is 16.5. The van der Waals surface area contributed by atoms with Gasteiger partial charge in [-0.2, -0.15) is 0 Å². The number of pyridine rings is 1. The number of aryl methyl sites for hydroxylation is 1. The highest BCUT2D eigenvalue weighted by Crippen LogP contribution is 1.89. The van der Waals surface area contributed by atoms with Gasteiger partial charge in [0.25, 0.3) is 5.56 Å². The molecule has 0 unspecified atom stereocenters. The Hall–Kier alpha value is -1.58. The monoisotopic (exact) mass is 195 g/mol. The standard InChI is InChI=1S/C10H13NO3/c1-8-4-3-5-11(10(8)13)6-7-14-9(2)12/h3-5H,6-7H2,1-2H3. The maximum atomic E-state index is 11.5. The lowest BCUT2D eigenvalue weighted by molar-refractivity contribution is -0.141. The van der Waals surface area contributed by atoms with E-state index in [-0.39, 0.29) is 18.1 Å². The van der Waals surface area contributed by atoms with Crippen LogP contribution in [0.2, 0.25) is 0 Å². The van der Waals surface area contributed by atoms with Gasteiger partial charge in [-0.15, -0.1) is 0 Å². The van der Waals surface area contributed by atoms with Crippen LogP contribution in [0.5, 0.6) is 0 Å². The molecule has 0 bridgehead atoms. The fourth-order valence-corrected chi connectivity index (χ4v) is 1.12. The Balaban J connectivity index is 2.64. The zero-order valence-corrected chi connectivity index (χ0v) is 8.32. The van der Waals surface area contributed by atoms with E-state index in [0.717, 1.165) is 0 Å². The average Bonchev–Trinajstić information content (AvgIpc) is 2.12. The Bertz CT molecular complexity index is 381. The van der Waals surface area contributed by atoms with E-state index >= 15 is 0 Å². The lowest BCUT2D eigenvalue weighted by Gasteiger charge is -2.05. The van der Waals surface area contributed by atoms with E-state index in [0.29, 0.717) is 12.1 Å². The number of hydrogen-bond donors (Lipinski definition) is 0. The Morgan fingerprint density at radius 1 is 1.57 bits per heavy atom. The topological polar surface area (TPSA) is 48.3 Å². The quantitative estimate of drug-likeness (QED) is 0.668. The van der Waals surface area contributed by atoms with Crippen molar-refractivity contribution < 1.29 is 9.53 Å². The van der Waals surface area contributed by atoms with E-state index < -0.39 is 0 Å². The number of hydrogen-bond acceptors (Lipinski definition) is 3. The summed E-state index contributed by atoms with van der Waals surface area (Å²) >= 11 is 0. The molecule has 0 spiro atoms. The molecule has 0 amide bonds. The van der Waals surface area contributed by atoms with Gasteiger partial charge < -0.3 is 9.30 Å². The van der Waals surface area contributed by atoms with Crippen LogP contribution in [0.3, 0.4) is 0 Å². The van der Waals surface area contributed by atoms with Crippen molar-refractivity contribution in [1.29, 1.82) is 0 Å². The van der Waals surface area contributed by atoms with Gasteiger partial charge >= 0.3 is 5.97 Å². The van der Waals surface area contributed by atoms with E-state index in [2.05, 4.69) is 0 Å². The van der Waals surface area contributed by atoms with Crippen molar-refractivity contribution in [2.75, 3.05) is 6.61 Å². The number of ether oxygens (including phenoxy) is 1. The molecule has 0 saturated carbocycles. The molecule has 1 aromatic rings. The molecule has 0 N–H and O–H groups in total. The van der Waals surface area contributed by atoms with E-state index in [1.807, 2.05) is 0 Å². The lowest BCUT2D eigenvalue weighted by atomic mass is 10.3. The van der Waals surface area contributed by atoms with Crippen LogP contribution in [0.1, 0.15) is 12.5 Å². The van der Waals surface area contributed by atoms with Crippen molar-refractivity contribution in [3.63, 3.8) is 0 Å². The Morgan fingerprint density at radius 3 is 2.93 bits per heavy atom. The lowest BCUT2D eigenvalue weighted by Crippen LogP contribution is -2.23. The van der Waals surface area contributed by atoms with Gasteiger partial charge in [-0.25, -0.2) is 0 Å². The molecule has 0 saturated heterocycles. The van der Waals surface area contributed by atoms with Crippen molar-refractivity contribution in [2.24, 2.45) is 0 Å². The van der Waals surface area contributed by atoms with E-state index in [1.54, 1.807) is 25.3 Å². The molecule has 4 nitrogen and oxygen atoms in total. The van der Waals surface area contributed by atoms with E-state index in [1.165, 1.54) is 11.5 Å². The number of nitrogens with zero attached hydrogens (tertiary/aromatic N) is 1. The number of aromatic nitrogens is 1. The Kier molecular flexibility index (Phi) is 3.45. The van der Waals surface area contributed by atoms with Gasteiger partial charge in [0, 0.05) is 18.7 Å². The second-order valence-electron chi connectivity index (χ2n) is 3.03. The maximum Gasteiger partial charge on any atom is 0.302 e. The molecule has 1 rings (SSSR count). The summed E-state index contributed by atoms with van der Waals surface area (Å²) in [4.78, 5) is 21.9. The van der Waals surface area contributed by atoms with Crippen molar-refractivity contribution in [1.82, 2.24) is 4.57 Å². The SMILES string of the molecule is CC(=O)OCCn1cccc(C)c1=O. The average molecular weight is 195 g/mol. The summed E-state index contributed by atoms with van der Waals surface area (Å²) < 4.78 is 6.27. The number of rotatable bonds is 3. The van der Waals surface area contributed by atoms with Gasteiger partial charge in [-0.1, -0.05) is 6.07 Å². The molecule has 1 aromatic heterocycles. The first kappa shape index (κ1) is 10.5. The van der Waals surface area contributed by atoms with Crippen LogP contribution in [0.25, 0.3) is 0 Å². The van der Waals surface area contributed by atoms with Crippen LogP contribution < -0.4 is 5.56 Å². The van der Waals surface area contributed by atoms with Crippen LogP contribution in [-0.2, 0) is 16.1 Å². The predicted octanol–water partition coefficient (Wildman–Crippen LogP) is 0.720. The van der Waals surface area contributed by atoms with Gasteiger partial charge in [-0.05, 0) is 13.0 Å². The molecule has 0 atom stereocenters. The molecular weight excluding hydrogens is 182 g/mol. The van der Waals surface area contributed by atoms with Gasteiger partial charge in [0.2, 0.25) is 0 Å². The molecule has 0 aromatic carbocycles. The molecular formula is C10H13NO3. The first-order valence-electron chi connectivity index (χ1n) is 4.40.